The van der Waals surface area contributed by atoms with E-state index in [1.165, 1.54) is 19.1 Å². The molecule has 0 spiro atoms. The molecule has 0 aromatic heterocycles. The van der Waals surface area contributed by atoms with Gasteiger partial charge in [0.15, 0.2) is 0 Å². The number of hydrogen-bond donors (Lipinski definition) is 3. The van der Waals surface area contributed by atoms with Crippen LogP contribution in [0.5, 0.6) is 0 Å². The van der Waals surface area contributed by atoms with Gasteiger partial charge in [-0.15, -0.1) is 0 Å². The number of aliphatic hydroxyl groups is 1. The number of carboxylic acids is 1. The van der Waals surface area contributed by atoms with Crippen molar-refractivity contribution in [1.29, 1.82) is 0 Å². The van der Waals surface area contributed by atoms with Crippen molar-refractivity contribution in [3.05, 3.63) is 59.9 Å². The number of unbranched alkanes of at least 4 members (excludes halogenated alkanes) is 1. The number of carbonyl (C=O) groups excluding carboxylic acids is 1. The molecule has 0 fully saturated rings. The van der Waals surface area contributed by atoms with Gasteiger partial charge in [0.25, 0.3) is 0 Å². The van der Waals surface area contributed by atoms with E-state index in [9.17, 15) is 24.2 Å². The van der Waals surface area contributed by atoms with Gasteiger partial charge in [0.2, 0.25) is 0 Å². The van der Waals surface area contributed by atoms with Gasteiger partial charge in [0.05, 0.1) is 19.3 Å². The Morgan fingerprint density at radius 3 is 2.45 bits per heavy atom. The average molecular weight is 432 g/mol. The van der Waals surface area contributed by atoms with E-state index in [1.54, 1.807) is 6.07 Å². The second-order valence-electron chi connectivity index (χ2n) is 7.81. The zero-order valence-corrected chi connectivity index (χ0v) is 17.9. The van der Waals surface area contributed by atoms with Crippen LogP contribution < -0.4 is 5.32 Å². The fraction of sp³-hybridized carbons (Fsp3) is 0.417. The Morgan fingerprint density at radius 2 is 1.87 bits per heavy atom. The van der Waals surface area contributed by atoms with Crippen molar-refractivity contribution in [3.8, 4) is 11.1 Å². The van der Waals surface area contributed by atoms with Crippen LogP contribution in [-0.4, -0.2) is 41.5 Å². The first-order valence-electron chi connectivity index (χ1n) is 10.4. The lowest BCUT2D eigenvalue weighted by Gasteiger charge is -2.32. The lowest BCUT2D eigenvalue weighted by molar-refractivity contribution is -0.152. The molecule has 0 aliphatic heterocycles. The molecule has 2 aromatic rings. The topological polar surface area (TPSA) is 95.9 Å². The summed E-state index contributed by atoms with van der Waals surface area (Å²) in [6, 6.07) is 13.0. The van der Waals surface area contributed by atoms with Gasteiger partial charge in [-0.05, 0) is 55.0 Å². The summed E-state index contributed by atoms with van der Waals surface area (Å²) in [5.41, 5.74) is 1.01. The van der Waals surface area contributed by atoms with E-state index in [2.05, 4.69) is 5.32 Å². The van der Waals surface area contributed by atoms with Crippen LogP contribution in [0.4, 0.5) is 9.18 Å². The van der Waals surface area contributed by atoms with E-state index in [4.69, 9.17) is 4.74 Å². The van der Waals surface area contributed by atoms with Gasteiger partial charge < -0.3 is 20.3 Å². The highest BCUT2D eigenvalue weighted by molar-refractivity contribution is 5.77. The maximum atomic E-state index is 13.4. The monoisotopic (exact) mass is 431 g/mol. The summed E-state index contributed by atoms with van der Waals surface area (Å²) < 4.78 is 18.5. The Labute approximate surface area is 182 Å². The third kappa shape index (κ3) is 6.79. The first kappa shape index (κ1) is 24.3. The van der Waals surface area contributed by atoms with Gasteiger partial charge in [0.1, 0.15) is 11.2 Å². The molecule has 6 nitrogen and oxygen atoms in total. The van der Waals surface area contributed by atoms with E-state index in [1.807, 2.05) is 37.3 Å². The van der Waals surface area contributed by atoms with Crippen molar-refractivity contribution >= 4 is 12.1 Å². The molecule has 0 radical (unpaired) electrons. The van der Waals surface area contributed by atoms with Gasteiger partial charge in [-0.1, -0.05) is 49.7 Å². The minimum Gasteiger partial charge on any atom is -0.481 e. The molecule has 7 heteroatoms. The van der Waals surface area contributed by atoms with E-state index in [-0.39, 0.29) is 12.4 Å². The standard InChI is InChI=1S/C24H30FNO5/c1-3-4-14-31-23(30)26-21(24(2,16-27)22(28)29)13-10-17-8-11-18(12-9-17)19-6-5-7-20(25)15-19/h5-9,11-12,15,21,27H,3-4,10,13-14,16H2,1-2H3,(H,26,30)(H,28,29). The number of aliphatic hydroxyl groups excluding tert-OH is 1. The van der Waals surface area contributed by atoms with Crippen LogP contribution in [0.1, 0.15) is 38.7 Å². The summed E-state index contributed by atoms with van der Waals surface area (Å²) >= 11 is 0. The number of ether oxygens (including phenoxy) is 1. The summed E-state index contributed by atoms with van der Waals surface area (Å²) in [4.78, 5) is 23.9. The van der Waals surface area contributed by atoms with E-state index in [0.29, 0.717) is 19.3 Å². The van der Waals surface area contributed by atoms with Crippen molar-refractivity contribution in [1.82, 2.24) is 5.32 Å². The van der Waals surface area contributed by atoms with Crippen molar-refractivity contribution in [2.45, 2.75) is 45.6 Å². The molecular weight excluding hydrogens is 401 g/mol. The van der Waals surface area contributed by atoms with Gasteiger partial charge in [0, 0.05) is 0 Å². The largest absolute Gasteiger partial charge is 0.481 e. The Morgan fingerprint density at radius 1 is 1.16 bits per heavy atom. The maximum Gasteiger partial charge on any atom is 0.407 e. The van der Waals surface area contributed by atoms with Gasteiger partial charge >= 0.3 is 12.1 Å². The van der Waals surface area contributed by atoms with E-state index < -0.39 is 30.1 Å². The second-order valence-corrected chi connectivity index (χ2v) is 7.81. The van der Waals surface area contributed by atoms with Crippen LogP contribution in [-0.2, 0) is 16.0 Å². The van der Waals surface area contributed by atoms with E-state index >= 15 is 0 Å². The lowest BCUT2D eigenvalue weighted by Crippen LogP contribution is -2.52. The lowest BCUT2D eigenvalue weighted by atomic mass is 9.80. The number of rotatable bonds is 11. The molecule has 0 bridgehead atoms. The van der Waals surface area contributed by atoms with Gasteiger partial charge in [-0.2, -0.15) is 0 Å². The molecular formula is C24H30FNO5. The molecule has 0 saturated carbocycles. The van der Waals surface area contributed by atoms with Gasteiger partial charge in [-0.3, -0.25) is 4.79 Å². The Bertz CT molecular complexity index is 871. The predicted molar refractivity (Wildman–Crippen MR) is 116 cm³/mol. The number of carbonyl (C=O) groups is 2. The molecule has 168 valence electrons. The third-order valence-electron chi connectivity index (χ3n) is 5.44. The smallest absolute Gasteiger partial charge is 0.407 e. The van der Waals surface area contributed by atoms with Crippen molar-refractivity contribution < 1.29 is 28.9 Å². The molecule has 0 aliphatic rings. The first-order valence-corrected chi connectivity index (χ1v) is 10.4. The summed E-state index contributed by atoms with van der Waals surface area (Å²) in [6.07, 6.45) is 1.66. The summed E-state index contributed by atoms with van der Waals surface area (Å²) in [7, 11) is 0. The Balaban J connectivity index is 2.09. The fourth-order valence-electron chi connectivity index (χ4n) is 3.21. The highest BCUT2D eigenvalue weighted by Crippen LogP contribution is 2.26. The number of alkyl carbamates (subject to hydrolysis) is 1. The molecule has 2 unspecified atom stereocenters. The van der Waals surface area contributed by atoms with Crippen molar-refractivity contribution in [2.75, 3.05) is 13.2 Å². The third-order valence-corrected chi connectivity index (χ3v) is 5.44. The molecule has 1 amide bonds. The SMILES string of the molecule is CCCCOC(=O)NC(CCc1ccc(-c2cccc(F)c2)cc1)C(C)(CO)C(=O)O. The highest BCUT2D eigenvalue weighted by Gasteiger charge is 2.42. The number of carboxylic acid groups (broad SMARTS) is 1. The number of aryl methyl sites for hydroxylation is 1. The minimum atomic E-state index is -1.55. The number of hydrogen-bond acceptors (Lipinski definition) is 4. The summed E-state index contributed by atoms with van der Waals surface area (Å²) in [5, 5.41) is 22.0. The summed E-state index contributed by atoms with van der Waals surface area (Å²) in [5.74, 6) is -1.51. The molecule has 2 atom stereocenters. The van der Waals surface area contributed by atoms with Crippen LogP contribution in [0, 0.1) is 11.2 Å². The van der Waals surface area contributed by atoms with Gasteiger partial charge in [-0.25, -0.2) is 9.18 Å². The quantitative estimate of drug-likeness (QED) is 0.458. The molecule has 0 saturated heterocycles. The predicted octanol–water partition coefficient (Wildman–Crippen LogP) is 4.40. The molecule has 0 aliphatic carbocycles. The number of amides is 1. The minimum absolute atomic E-state index is 0.250. The number of aliphatic carboxylic acids is 1. The number of benzene rings is 2. The second kappa shape index (κ2) is 11.5. The number of halogens is 1. The zero-order chi connectivity index (χ0) is 22.9. The van der Waals surface area contributed by atoms with Crippen LogP contribution in [0.3, 0.4) is 0 Å². The van der Waals surface area contributed by atoms with Crippen molar-refractivity contribution in [2.24, 2.45) is 5.41 Å². The normalized spacial score (nSPS) is 13.8. The zero-order valence-electron chi connectivity index (χ0n) is 17.9. The van der Waals surface area contributed by atoms with E-state index in [0.717, 1.165) is 23.1 Å². The first-order chi connectivity index (χ1) is 14.8. The van der Waals surface area contributed by atoms with Crippen LogP contribution in [0.2, 0.25) is 0 Å². The molecule has 0 heterocycles. The Hall–Kier alpha value is -2.93. The van der Waals surface area contributed by atoms with Crippen molar-refractivity contribution in [3.63, 3.8) is 0 Å². The van der Waals surface area contributed by atoms with Crippen LogP contribution in [0.25, 0.3) is 11.1 Å². The molecule has 3 N–H and O–H groups in total. The molecule has 31 heavy (non-hydrogen) atoms. The maximum absolute atomic E-state index is 13.4. The molecule has 2 aromatic carbocycles. The average Bonchev–Trinajstić information content (AvgIpc) is 2.76. The fourth-order valence-corrected chi connectivity index (χ4v) is 3.21. The number of nitrogens with one attached hydrogen (secondary N) is 1. The Kier molecular flexibility index (Phi) is 9.00. The summed E-state index contributed by atoms with van der Waals surface area (Å²) in [6.45, 7) is 3.00. The van der Waals surface area contributed by atoms with Crippen LogP contribution >= 0.6 is 0 Å². The molecule has 2 rings (SSSR count). The van der Waals surface area contributed by atoms with Crippen LogP contribution in [0.15, 0.2) is 48.5 Å². The highest BCUT2D eigenvalue weighted by atomic mass is 19.1.